The van der Waals surface area contributed by atoms with E-state index in [-0.39, 0.29) is 10.9 Å². The third-order valence-electron chi connectivity index (χ3n) is 3.76. The van der Waals surface area contributed by atoms with Gasteiger partial charge in [0.05, 0.1) is 4.90 Å². The van der Waals surface area contributed by atoms with Gasteiger partial charge in [-0.2, -0.15) is 0 Å². The Bertz CT molecular complexity index is 700. The summed E-state index contributed by atoms with van der Waals surface area (Å²) in [5.74, 6) is 0. The van der Waals surface area contributed by atoms with Crippen LogP contribution in [0, 0.1) is 0 Å². The molecule has 1 atom stereocenters. The summed E-state index contributed by atoms with van der Waals surface area (Å²) in [6.07, 6.45) is 3.63. The zero-order valence-corrected chi connectivity index (χ0v) is 13.8. The van der Waals surface area contributed by atoms with E-state index < -0.39 is 10.0 Å². The van der Waals surface area contributed by atoms with E-state index in [1.54, 1.807) is 18.3 Å². The van der Waals surface area contributed by atoms with Crippen LogP contribution < -0.4 is 4.72 Å². The quantitative estimate of drug-likeness (QED) is 0.886. The van der Waals surface area contributed by atoms with Gasteiger partial charge >= 0.3 is 0 Å². The van der Waals surface area contributed by atoms with Crippen molar-refractivity contribution in [3.8, 4) is 0 Å². The molecular formula is C16H21N3O2S. The van der Waals surface area contributed by atoms with Crippen LogP contribution in [0.2, 0.25) is 0 Å². The van der Waals surface area contributed by atoms with Crippen molar-refractivity contribution in [2.75, 3.05) is 14.1 Å². The second kappa shape index (κ2) is 7.00. The topological polar surface area (TPSA) is 62.3 Å². The van der Waals surface area contributed by atoms with Gasteiger partial charge in [0.25, 0.3) is 0 Å². The maximum atomic E-state index is 11.7. The first-order valence-electron chi connectivity index (χ1n) is 7.06. The van der Waals surface area contributed by atoms with Gasteiger partial charge in [-0.05, 0) is 50.3 Å². The average Bonchev–Trinajstić information content (AvgIpc) is 2.55. The zero-order valence-electron chi connectivity index (χ0n) is 13.0. The lowest BCUT2D eigenvalue weighted by molar-refractivity contribution is 0.252. The zero-order chi connectivity index (χ0) is 16.2. The van der Waals surface area contributed by atoms with Crippen LogP contribution in [-0.4, -0.2) is 32.4 Å². The Labute approximate surface area is 132 Å². The lowest BCUT2D eigenvalue weighted by Gasteiger charge is -2.25. The van der Waals surface area contributed by atoms with Crippen molar-refractivity contribution in [1.82, 2.24) is 14.6 Å². The molecule has 2 rings (SSSR count). The van der Waals surface area contributed by atoms with E-state index in [0.717, 1.165) is 17.7 Å². The number of aromatic nitrogens is 1. The first-order valence-corrected chi connectivity index (χ1v) is 8.55. The van der Waals surface area contributed by atoms with Gasteiger partial charge in [0.1, 0.15) is 0 Å². The second-order valence-corrected chi connectivity index (χ2v) is 7.12. The maximum absolute atomic E-state index is 11.7. The third-order valence-corrected chi connectivity index (χ3v) is 5.19. The Kier molecular flexibility index (Phi) is 5.28. The molecule has 1 N–H and O–H groups in total. The fraction of sp³-hybridized carbons (Fsp3) is 0.312. The predicted molar refractivity (Wildman–Crippen MR) is 86.8 cm³/mol. The van der Waals surface area contributed by atoms with Crippen LogP contribution in [0.15, 0.2) is 53.7 Å². The van der Waals surface area contributed by atoms with Gasteiger partial charge < -0.3 is 0 Å². The molecule has 0 saturated heterocycles. The first kappa shape index (κ1) is 16.6. The molecule has 0 aliphatic heterocycles. The van der Waals surface area contributed by atoms with Crippen molar-refractivity contribution in [2.24, 2.45) is 0 Å². The number of nitrogens with zero attached hydrogens (tertiary/aromatic N) is 2. The van der Waals surface area contributed by atoms with Gasteiger partial charge in [-0.1, -0.05) is 18.2 Å². The van der Waals surface area contributed by atoms with Crippen LogP contribution in [0.3, 0.4) is 0 Å². The van der Waals surface area contributed by atoms with Crippen LogP contribution >= 0.6 is 0 Å². The van der Waals surface area contributed by atoms with Crippen molar-refractivity contribution in [3.63, 3.8) is 0 Å². The van der Waals surface area contributed by atoms with Crippen molar-refractivity contribution in [3.05, 3.63) is 59.9 Å². The molecule has 22 heavy (non-hydrogen) atoms. The molecule has 6 heteroatoms. The van der Waals surface area contributed by atoms with Crippen molar-refractivity contribution < 1.29 is 8.42 Å². The molecule has 1 heterocycles. The number of hydrogen-bond acceptors (Lipinski definition) is 4. The smallest absolute Gasteiger partial charge is 0.240 e. The largest absolute Gasteiger partial charge is 0.295 e. The third kappa shape index (κ3) is 3.91. The van der Waals surface area contributed by atoms with E-state index >= 15 is 0 Å². The summed E-state index contributed by atoms with van der Waals surface area (Å²) in [4.78, 5) is 6.62. The Balaban J connectivity index is 2.08. The minimum absolute atomic E-state index is 0.231. The molecule has 2 aromatic rings. The Hall–Kier alpha value is -1.76. The molecule has 0 saturated carbocycles. The molecule has 0 fully saturated rings. The SMILES string of the molecule is CNS(=O)(=O)c1ccc(CN(C)C(C)c2cccnc2)cc1. The summed E-state index contributed by atoms with van der Waals surface area (Å²) in [7, 11) is 0.0723. The minimum atomic E-state index is -3.37. The van der Waals surface area contributed by atoms with Crippen LogP contribution in [0.1, 0.15) is 24.1 Å². The molecular weight excluding hydrogens is 298 g/mol. The number of hydrogen-bond donors (Lipinski definition) is 1. The predicted octanol–water partition coefficient (Wildman–Crippen LogP) is 2.18. The number of pyridine rings is 1. The Morgan fingerprint density at radius 3 is 2.45 bits per heavy atom. The molecule has 0 spiro atoms. The van der Waals surface area contributed by atoms with Crippen molar-refractivity contribution >= 4 is 10.0 Å². The standard InChI is InChI=1S/C16H21N3O2S/c1-13(15-5-4-10-18-11-15)19(3)12-14-6-8-16(9-7-14)22(20,21)17-2/h4-11,13,17H,12H2,1-3H3. The number of rotatable bonds is 6. The molecule has 0 amide bonds. The Morgan fingerprint density at radius 2 is 1.91 bits per heavy atom. The Morgan fingerprint density at radius 1 is 1.23 bits per heavy atom. The molecule has 0 aliphatic rings. The molecule has 118 valence electrons. The molecule has 5 nitrogen and oxygen atoms in total. The summed E-state index contributed by atoms with van der Waals surface area (Å²) in [6, 6.07) is 11.2. The molecule has 1 aromatic heterocycles. The fourth-order valence-electron chi connectivity index (χ4n) is 2.19. The van der Waals surface area contributed by atoms with Gasteiger partial charge in [0.15, 0.2) is 0 Å². The molecule has 0 bridgehead atoms. The summed E-state index contributed by atoms with van der Waals surface area (Å²) < 4.78 is 25.7. The van der Waals surface area contributed by atoms with E-state index in [0.29, 0.717) is 0 Å². The minimum Gasteiger partial charge on any atom is -0.295 e. The molecule has 1 aromatic carbocycles. The van der Waals surface area contributed by atoms with Gasteiger partial charge in [0.2, 0.25) is 10.0 Å². The highest BCUT2D eigenvalue weighted by Gasteiger charge is 2.14. The number of benzene rings is 1. The lowest BCUT2D eigenvalue weighted by atomic mass is 10.1. The number of nitrogens with one attached hydrogen (secondary N) is 1. The summed E-state index contributed by atoms with van der Waals surface area (Å²) >= 11 is 0. The van der Waals surface area contributed by atoms with Crippen LogP contribution in [0.25, 0.3) is 0 Å². The van der Waals surface area contributed by atoms with E-state index in [9.17, 15) is 8.42 Å². The van der Waals surface area contributed by atoms with Crippen molar-refractivity contribution in [2.45, 2.75) is 24.4 Å². The average molecular weight is 319 g/mol. The normalized spacial score (nSPS) is 13.3. The monoisotopic (exact) mass is 319 g/mol. The lowest BCUT2D eigenvalue weighted by Crippen LogP contribution is -2.22. The molecule has 1 unspecified atom stereocenters. The summed E-state index contributed by atoms with van der Waals surface area (Å²) in [5.41, 5.74) is 2.22. The summed E-state index contributed by atoms with van der Waals surface area (Å²) in [5, 5.41) is 0. The first-order chi connectivity index (χ1) is 10.4. The van der Waals surface area contributed by atoms with Gasteiger partial charge in [-0.15, -0.1) is 0 Å². The highest BCUT2D eigenvalue weighted by molar-refractivity contribution is 7.89. The van der Waals surface area contributed by atoms with E-state index in [1.165, 1.54) is 7.05 Å². The van der Waals surface area contributed by atoms with Gasteiger partial charge in [0, 0.05) is 25.0 Å². The van der Waals surface area contributed by atoms with Crippen LogP contribution in [0.4, 0.5) is 0 Å². The second-order valence-electron chi connectivity index (χ2n) is 5.23. The summed E-state index contributed by atoms with van der Waals surface area (Å²) in [6.45, 7) is 2.85. The van der Waals surface area contributed by atoms with Crippen LogP contribution in [-0.2, 0) is 16.6 Å². The van der Waals surface area contributed by atoms with Gasteiger partial charge in [-0.25, -0.2) is 13.1 Å². The van der Waals surface area contributed by atoms with E-state index in [4.69, 9.17) is 0 Å². The number of sulfonamides is 1. The fourth-order valence-corrected chi connectivity index (χ4v) is 2.92. The van der Waals surface area contributed by atoms with Crippen LogP contribution in [0.5, 0.6) is 0 Å². The van der Waals surface area contributed by atoms with Gasteiger partial charge in [-0.3, -0.25) is 9.88 Å². The van der Waals surface area contributed by atoms with E-state index in [1.807, 2.05) is 31.4 Å². The molecule has 0 radical (unpaired) electrons. The molecule has 0 aliphatic carbocycles. The van der Waals surface area contributed by atoms with E-state index in [2.05, 4.69) is 27.6 Å². The highest BCUT2D eigenvalue weighted by atomic mass is 32.2. The highest BCUT2D eigenvalue weighted by Crippen LogP contribution is 2.20. The maximum Gasteiger partial charge on any atom is 0.240 e. The van der Waals surface area contributed by atoms with Crippen molar-refractivity contribution in [1.29, 1.82) is 0 Å².